The van der Waals surface area contributed by atoms with Crippen LogP contribution in [0.2, 0.25) is 0 Å². The molecule has 0 aliphatic heterocycles. The molecule has 21 heavy (non-hydrogen) atoms. The summed E-state index contributed by atoms with van der Waals surface area (Å²) >= 11 is 0. The second-order valence-electron chi connectivity index (χ2n) is 5.68. The molecule has 0 saturated carbocycles. The highest BCUT2D eigenvalue weighted by molar-refractivity contribution is 5.92. The number of nitrogens with one attached hydrogen (secondary N) is 1. The summed E-state index contributed by atoms with van der Waals surface area (Å²) in [7, 11) is 0. The summed E-state index contributed by atoms with van der Waals surface area (Å²) in [5.41, 5.74) is 4.12. The summed E-state index contributed by atoms with van der Waals surface area (Å²) in [6.07, 6.45) is -4.73. The molecule has 0 spiro atoms. The van der Waals surface area contributed by atoms with E-state index in [2.05, 4.69) is 15.1 Å². The number of nitrogen functional groups attached to an aromatic ring is 1. The molecule has 7 heteroatoms. The largest absolute Gasteiger partial charge is 0.573 e. The fourth-order valence-corrected chi connectivity index (χ4v) is 1.91. The van der Waals surface area contributed by atoms with Crippen molar-refractivity contribution in [1.82, 2.24) is 4.98 Å². The molecule has 4 nitrogen and oxygen atoms in total. The van der Waals surface area contributed by atoms with Crippen LogP contribution >= 0.6 is 0 Å². The van der Waals surface area contributed by atoms with Crippen molar-refractivity contribution in [2.24, 2.45) is 5.84 Å². The molecule has 2 aromatic rings. The van der Waals surface area contributed by atoms with Crippen LogP contribution in [0.15, 0.2) is 24.3 Å². The second kappa shape index (κ2) is 5.07. The lowest BCUT2D eigenvalue weighted by atomic mass is 9.91. The van der Waals surface area contributed by atoms with Gasteiger partial charge in [0.05, 0.1) is 11.2 Å². The van der Waals surface area contributed by atoms with Crippen molar-refractivity contribution in [1.29, 1.82) is 0 Å². The van der Waals surface area contributed by atoms with E-state index >= 15 is 0 Å². The maximum atomic E-state index is 12.3. The van der Waals surface area contributed by atoms with Gasteiger partial charge in [0.25, 0.3) is 0 Å². The summed E-state index contributed by atoms with van der Waals surface area (Å²) < 4.78 is 40.7. The molecule has 0 atom stereocenters. The van der Waals surface area contributed by atoms with E-state index in [9.17, 15) is 13.2 Å². The highest BCUT2D eigenvalue weighted by atomic mass is 19.4. The normalized spacial score (nSPS) is 12.5. The second-order valence-corrected chi connectivity index (χ2v) is 5.68. The molecule has 0 aliphatic rings. The van der Waals surface area contributed by atoms with E-state index < -0.39 is 6.36 Å². The van der Waals surface area contributed by atoms with Crippen molar-refractivity contribution in [3.05, 3.63) is 30.0 Å². The molecule has 0 unspecified atom stereocenters. The SMILES string of the molecule is CC(C)(C)c1cc(NN)c2cc(OC(F)(F)F)ccc2n1. The van der Waals surface area contributed by atoms with Crippen molar-refractivity contribution in [2.45, 2.75) is 32.5 Å². The molecule has 1 aromatic heterocycles. The van der Waals surface area contributed by atoms with Gasteiger partial charge in [-0.15, -0.1) is 13.2 Å². The van der Waals surface area contributed by atoms with E-state index in [0.717, 1.165) is 5.69 Å². The Morgan fingerprint density at radius 2 is 1.81 bits per heavy atom. The van der Waals surface area contributed by atoms with Gasteiger partial charge >= 0.3 is 6.36 Å². The molecule has 0 aliphatic carbocycles. The lowest BCUT2D eigenvalue weighted by Crippen LogP contribution is -2.18. The van der Waals surface area contributed by atoms with Gasteiger partial charge in [0.2, 0.25) is 0 Å². The first kappa shape index (κ1) is 15.4. The van der Waals surface area contributed by atoms with Crippen LogP contribution in [0, 0.1) is 0 Å². The average molecular weight is 299 g/mol. The van der Waals surface area contributed by atoms with Gasteiger partial charge in [-0.3, -0.25) is 10.8 Å². The van der Waals surface area contributed by atoms with Crippen molar-refractivity contribution >= 4 is 16.6 Å². The zero-order chi connectivity index (χ0) is 15.8. The van der Waals surface area contributed by atoms with Crippen LogP contribution in [-0.2, 0) is 5.41 Å². The van der Waals surface area contributed by atoms with Crippen molar-refractivity contribution in [3.63, 3.8) is 0 Å². The van der Waals surface area contributed by atoms with Gasteiger partial charge in [-0.05, 0) is 24.3 Å². The molecular formula is C14H16F3N3O. The summed E-state index contributed by atoms with van der Waals surface area (Å²) in [5, 5.41) is 0.465. The number of alkyl halides is 3. The number of hydrogen-bond donors (Lipinski definition) is 2. The Morgan fingerprint density at radius 3 is 2.33 bits per heavy atom. The maximum absolute atomic E-state index is 12.3. The molecule has 2 rings (SSSR count). The number of ether oxygens (including phenoxy) is 1. The fourth-order valence-electron chi connectivity index (χ4n) is 1.91. The number of hydrogen-bond acceptors (Lipinski definition) is 4. The maximum Gasteiger partial charge on any atom is 0.573 e. The van der Waals surface area contributed by atoms with Crippen molar-refractivity contribution in [3.8, 4) is 5.75 Å². The molecule has 1 aromatic carbocycles. The van der Waals surface area contributed by atoms with Crippen LogP contribution in [0.3, 0.4) is 0 Å². The van der Waals surface area contributed by atoms with E-state index in [1.165, 1.54) is 18.2 Å². The molecule has 0 amide bonds. The molecule has 0 radical (unpaired) electrons. The number of rotatable bonds is 2. The number of hydrazine groups is 1. The molecule has 0 fully saturated rings. The molecule has 114 valence electrons. The van der Waals surface area contributed by atoms with E-state index in [4.69, 9.17) is 5.84 Å². The first-order valence-electron chi connectivity index (χ1n) is 6.28. The third-order valence-corrected chi connectivity index (χ3v) is 2.94. The quantitative estimate of drug-likeness (QED) is 0.655. The van der Waals surface area contributed by atoms with Gasteiger partial charge in [-0.1, -0.05) is 20.8 Å². The first-order valence-corrected chi connectivity index (χ1v) is 6.28. The van der Waals surface area contributed by atoms with E-state index in [0.29, 0.717) is 16.6 Å². The number of aromatic nitrogens is 1. The van der Waals surface area contributed by atoms with Crippen LogP contribution in [0.4, 0.5) is 18.9 Å². The number of fused-ring (bicyclic) bond motifs is 1. The first-order chi connectivity index (χ1) is 9.60. The lowest BCUT2D eigenvalue weighted by molar-refractivity contribution is -0.274. The van der Waals surface area contributed by atoms with Gasteiger partial charge in [-0.2, -0.15) is 0 Å². The zero-order valence-corrected chi connectivity index (χ0v) is 11.9. The summed E-state index contributed by atoms with van der Waals surface area (Å²) in [5.74, 6) is 5.16. The number of anilines is 1. The Balaban J connectivity index is 2.57. The minimum Gasteiger partial charge on any atom is -0.406 e. The van der Waals surface area contributed by atoms with Gasteiger partial charge in [0.1, 0.15) is 5.75 Å². The van der Waals surface area contributed by atoms with E-state index in [1.807, 2.05) is 20.8 Å². The van der Waals surface area contributed by atoms with E-state index in [-0.39, 0.29) is 11.2 Å². The Hall–Kier alpha value is -2.02. The van der Waals surface area contributed by atoms with Crippen LogP contribution < -0.4 is 16.0 Å². The minimum absolute atomic E-state index is 0.207. The van der Waals surface area contributed by atoms with Crippen LogP contribution in [0.1, 0.15) is 26.5 Å². The highest BCUT2D eigenvalue weighted by Crippen LogP contribution is 2.32. The fraction of sp³-hybridized carbons (Fsp3) is 0.357. The Labute approximate surface area is 120 Å². The molecule has 1 heterocycles. The Bertz CT molecular complexity index is 663. The monoisotopic (exact) mass is 299 g/mol. The third kappa shape index (κ3) is 3.55. The third-order valence-electron chi connectivity index (χ3n) is 2.94. The summed E-state index contributed by atoms with van der Waals surface area (Å²) in [6, 6.07) is 5.69. The number of halogens is 3. The van der Waals surface area contributed by atoms with Crippen LogP contribution in [-0.4, -0.2) is 11.3 Å². The standard InChI is InChI=1S/C14H16F3N3O/c1-13(2,3)12-7-11(20-18)9-6-8(21-14(15,16)17)4-5-10(9)19-12/h4-7H,18H2,1-3H3,(H,19,20). The molecule has 3 N–H and O–H groups in total. The zero-order valence-electron chi connectivity index (χ0n) is 11.9. The number of pyridine rings is 1. The van der Waals surface area contributed by atoms with Crippen LogP contribution in [0.5, 0.6) is 5.75 Å². The smallest absolute Gasteiger partial charge is 0.406 e. The summed E-state index contributed by atoms with van der Waals surface area (Å²) in [6.45, 7) is 5.97. The van der Waals surface area contributed by atoms with Gasteiger partial charge in [0.15, 0.2) is 0 Å². The lowest BCUT2D eigenvalue weighted by Gasteiger charge is -2.20. The average Bonchev–Trinajstić information content (AvgIpc) is 2.34. The number of nitrogens with two attached hydrogens (primary N) is 1. The molecular weight excluding hydrogens is 283 g/mol. The number of benzene rings is 1. The highest BCUT2D eigenvalue weighted by Gasteiger charge is 2.31. The predicted molar refractivity (Wildman–Crippen MR) is 74.9 cm³/mol. The Morgan fingerprint density at radius 1 is 1.14 bits per heavy atom. The summed E-state index contributed by atoms with van der Waals surface area (Å²) in [4.78, 5) is 4.46. The topological polar surface area (TPSA) is 60.2 Å². The van der Waals surface area contributed by atoms with Gasteiger partial charge in [0, 0.05) is 16.5 Å². The predicted octanol–water partition coefficient (Wildman–Crippen LogP) is 3.72. The molecule has 0 bridgehead atoms. The van der Waals surface area contributed by atoms with Crippen LogP contribution in [0.25, 0.3) is 10.9 Å². The van der Waals surface area contributed by atoms with Crippen molar-refractivity contribution < 1.29 is 17.9 Å². The van der Waals surface area contributed by atoms with Crippen molar-refractivity contribution in [2.75, 3.05) is 5.43 Å². The molecule has 0 saturated heterocycles. The minimum atomic E-state index is -4.73. The van der Waals surface area contributed by atoms with Gasteiger partial charge < -0.3 is 10.2 Å². The van der Waals surface area contributed by atoms with E-state index in [1.54, 1.807) is 6.07 Å². The van der Waals surface area contributed by atoms with Gasteiger partial charge in [-0.25, -0.2) is 0 Å². The number of nitrogens with zero attached hydrogens (tertiary/aromatic N) is 1. The Kier molecular flexibility index (Phi) is 3.71.